The van der Waals surface area contributed by atoms with Gasteiger partial charge in [0.05, 0.1) is 35.2 Å². The minimum atomic E-state index is -1.49. The number of carbonyl (C=O) groups is 3. The molecule has 3 aliphatic heterocycles. The predicted molar refractivity (Wildman–Crippen MR) is 114 cm³/mol. The van der Waals surface area contributed by atoms with Crippen molar-refractivity contribution < 1.29 is 19.5 Å². The van der Waals surface area contributed by atoms with Crippen molar-refractivity contribution in [2.75, 3.05) is 5.32 Å². The zero-order valence-corrected chi connectivity index (χ0v) is 17.9. The highest BCUT2D eigenvalue weighted by atomic mass is 35.5. The number of rotatable bonds is 3. The van der Waals surface area contributed by atoms with Gasteiger partial charge in [0, 0.05) is 16.6 Å². The van der Waals surface area contributed by atoms with Gasteiger partial charge in [0.1, 0.15) is 5.54 Å². The molecule has 160 valence electrons. The molecule has 0 radical (unpaired) electrons. The molecule has 9 heteroatoms. The summed E-state index contributed by atoms with van der Waals surface area (Å²) in [7, 11) is 0. The maximum Gasteiger partial charge on any atom is 0.250 e. The second-order valence-electron chi connectivity index (χ2n) is 8.19. The van der Waals surface area contributed by atoms with Crippen LogP contribution in [0.4, 0.5) is 5.69 Å². The van der Waals surface area contributed by atoms with Crippen LogP contribution in [0.25, 0.3) is 0 Å². The number of carbonyl (C=O) groups excluding carboxylic acids is 3. The zero-order chi connectivity index (χ0) is 22.1. The van der Waals surface area contributed by atoms with Gasteiger partial charge in [-0.15, -0.1) is 0 Å². The number of nitrogens with one attached hydrogen (secondary N) is 2. The van der Waals surface area contributed by atoms with Crippen molar-refractivity contribution >= 4 is 46.6 Å². The molecule has 2 fully saturated rings. The third-order valence-corrected chi connectivity index (χ3v) is 7.21. The van der Waals surface area contributed by atoms with E-state index in [1.165, 1.54) is 6.92 Å². The first-order valence-corrected chi connectivity index (χ1v) is 10.7. The number of aliphatic hydroxyl groups is 1. The third kappa shape index (κ3) is 2.70. The highest BCUT2D eigenvalue weighted by Crippen LogP contribution is 2.54. The molecule has 0 aliphatic carbocycles. The lowest BCUT2D eigenvalue weighted by Gasteiger charge is -2.30. The molecule has 2 saturated heterocycles. The maximum absolute atomic E-state index is 13.6. The van der Waals surface area contributed by atoms with Crippen molar-refractivity contribution in [3.05, 3.63) is 63.6 Å². The average molecular weight is 460 g/mol. The van der Waals surface area contributed by atoms with Gasteiger partial charge in [-0.25, -0.2) is 0 Å². The van der Waals surface area contributed by atoms with Crippen LogP contribution in [0.5, 0.6) is 0 Å². The summed E-state index contributed by atoms with van der Waals surface area (Å²) in [6, 6.07) is 11.2. The number of hydrogen-bond donors (Lipinski definition) is 3. The first-order valence-electron chi connectivity index (χ1n) is 9.92. The molecule has 3 amide bonds. The highest BCUT2D eigenvalue weighted by Gasteiger charge is 2.71. The van der Waals surface area contributed by atoms with E-state index in [-0.39, 0.29) is 6.54 Å². The number of likely N-dealkylation sites (tertiary alicyclic amines) is 1. The van der Waals surface area contributed by atoms with Crippen LogP contribution in [0, 0.1) is 11.8 Å². The summed E-state index contributed by atoms with van der Waals surface area (Å²) in [5.41, 5.74) is 0.0512. The van der Waals surface area contributed by atoms with E-state index >= 15 is 0 Å². The summed E-state index contributed by atoms with van der Waals surface area (Å²) in [5.74, 6) is -3.29. The highest BCUT2D eigenvalue weighted by molar-refractivity contribution is 6.35. The van der Waals surface area contributed by atoms with E-state index in [2.05, 4.69) is 10.6 Å². The normalized spacial score (nSPS) is 30.0. The monoisotopic (exact) mass is 459 g/mol. The lowest BCUT2D eigenvalue weighted by molar-refractivity contribution is -0.143. The summed E-state index contributed by atoms with van der Waals surface area (Å²) >= 11 is 12.5. The fraction of sp³-hybridized carbons (Fsp3) is 0.318. The summed E-state index contributed by atoms with van der Waals surface area (Å²) in [6.45, 7) is 1.53. The molecule has 3 heterocycles. The largest absolute Gasteiger partial charge is 0.392 e. The Morgan fingerprint density at radius 1 is 1.06 bits per heavy atom. The number of hydrogen-bond acceptors (Lipinski definition) is 5. The number of fused-ring (bicyclic) bond motifs is 4. The number of para-hydroxylation sites is 1. The molecular weight excluding hydrogens is 441 g/mol. The number of halogens is 2. The van der Waals surface area contributed by atoms with Gasteiger partial charge in [-0.1, -0.05) is 53.5 Å². The van der Waals surface area contributed by atoms with Crippen molar-refractivity contribution in [3.8, 4) is 0 Å². The SMILES string of the molecule is C[C@@H](O)[C@@H]1N[C@]2(C(=O)Nc3c(Cl)cccc32)[C@@H]2C(=O)N(Cc3ccccc3Cl)C(=O)[C@H]12. The zero-order valence-electron chi connectivity index (χ0n) is 16.4. The van der Waals surface area contributed by atoms with E-state index in [1.807, 2.05) is 0 Å². The van der Waals surface area contributed by atoms with E-state index in [9.17, 15) is 19.5 Å². The lowest BCUT2D eigenvalue weighted by Crippen LogP contribution is -2.54. The Balaban J connectivity index is 1.63. The van der Waals surface area contributed by atoms with E-state index in [4.69, 9.17) is 23.2 Å². The third-order valence-electron chi connectivity index (χ3n) is 6.53. The van der Waals surface area contributed by atoms with Crippen LogP contribution >= 0.6 is 23.2 Å². The molecule has 0 bridgehead atoms. The molecule has 2 aromatic carbocycles. The smallest absolute Gasteiger partial charge is 0.250 e. The quantitative estimate of drug-likeness (QED) is 0.611. The van der Waals surface area contributed by atoms with E-state index < -0.39 is 47.2 Å². The number of nitrogens with zero attached hydrogens (tertiary/aromatic N) is 1. The molecule has 3 N–H and O–H groups in total. The van der Waals surface area contributed by atoms with Crippen LogP contribution in [0.2, 0.25) is 10.0 Å². The molecule has 0 saturated carbocycles. The Hall–Kier alpha value is -2.45. The minimum absolute atomic E-state index is 0.00300. The average Bonchev–Trinajstić information content (AvgIpc) is 3.32. The summed E-state index contributed by atoms with van der Waals surface area (Å²) in [4.78, 5) is 41.4. The Kier molecular flexibility index (Phi) is 4.64. The van der Waals surface area contributed by atoms with Crippen LogP contribution in [-0.4, -0.2) is 39.9 Å². The molecular formula is C22H19Cl2N3O4. The van der Waals surface area contributed by atoms with Crippen molar-refractivity contribution in [1.82, 2.24) is 10.2 Å². The second kappa shape index (κ2) is 7.03. The number of aliphatic hydroxyl groups excluding tert-OH is 1. The van der Waals surface area contributed by atoms with Gasteiger partial charge in [0.25, 0.3) is 0 Å². The number of imide groups is 1. The van der Waals surface area contributed by atoms with Gasteiger partial charge in [-0.2, -0.15) is 0 Å². The Morgan fingerprint density at radius 2 is 1.77 bits per heavy atom. The molecule has 7 nitrogen and oxygen atoms in total. The first kappa shape index (κ1) is 20.5. The van der Waals surface area contributed by atoms with Crippen LogP contribution in [-0.2, 0) is 26.5 Å². The molecule has 5 rings (SSSR count). The van der Waals surface area contributed by atoms with Crippen LogP contribution in [0.3, 0.4) is 0 Å². The maximum atomic E-state index is 13.6. The Bertz CT molecular complexity index is 1140. The Labute approximate surface area is 188 Å². The molecule has 2 aromatic rings. The van der Waals surface area contributed by atoms with Crippen LogP contribution in [0.15, 0.2) is 42.5 Å². The molecule has 31 heavy (non-hydrogen) atoms. The number of benzene rings is 2. The molecule has 5 atom stereocenters. The van der Waals surface area contributed by atoms with E-state index in [0.717, 1.165) is 4.90 Å². The van der Waals surface area contributed by atoms with Crippen molar-refractivity contribution in [3.63, 3.8) is 0 Å². The van der Waals surface area contributed by atoms with Gasteiger partial charge in [0.15, 0.2) is 0 Å². The fourth-order valence-corrected chi connectivity index (χ4v) is 5.57. The van der Waals surface area contributed by atoms with Crippen LogP contribution in [0.1, 0.15) is 18.1 Å². The molecule has 0 unspecified atom stereocenters. The summed E-state index contributed by atoms with van der Waals surface area (Å²) in [5, 5.41) is 17.1. The Morgan fingerprint density at radius 3 is 2.48 bits per heavy atom. The standard InChI is InChI=1S/C22H19Cl2N3O4/c1-10(28)17-15-16(20(30)27(19(15)29)9-11-5-2-3-7-13(11)23)22(26-17)12-6-4-8-14(24)18(12)25-21(22)31/h2-8,10,15-17,26,28H,9H2,1H3,(H,25,31)/t10-,15+,16+,17+,22+/m1/s1. The van der Waals surface area contributed by atoms with Gasteiger partial charge < -0.3 is 10.4 Å². The summed E-state index contributed by atoms with van der Waals surface area (Å²) in [6.07, 6.45) is -0.972. The minimum Gasteiger partial charge on any atom is -0.392 e. The first-order chi connectivity index (χ1) is 14.8. The number of amides is 3. The summed E-state index contributed by atoms with van der Waals surface area (Å²) < 4.78 is 0. The van der Waals surface area contributed by atoms with Gasteiger partial charge in [-0.05, 0) is 24.6 Å². The fourth-order valence-electron chi connectivity index (χ4n) is 5.15. The van der Waals surface area contributed by atoms with Crippen LogP contribution < -0.4 is 10.6 Å². The van der Waals surface area contributed by atoms with E-state index in [1.54, 1.807) is 42.5 Å². The van der Waals surface area contributed by atoms with Gasteiger partial charge in [0.2, 0.25) is 17.7 Å². The van der Waals surface area contributed by atoms with Crippen molar-refractivity contribution in [2.45, 2.75) is 31.2 Å². The number of anilines is 1. The predicted octanol–water partition coefficient (Wildman–Crippen LogP) is 2.29. The topological polar surface area (TPSA) is 98.7 Å². The van der Waals surface area contributed by atoms with Crippen molar-refractivity contribution in [1.29, 1.82) is 0 Å². The van der Waals surface area contributed by atoms with Gasteiger partial charge >= 0.3 is 0 Å². The second-order valence-corrected chi connectivity index (χ2v) is 9.01. The van der Waals surface area contributed by atoms with E-state index in [0.29, 0.717) is 26.9 Å². The lowest BCUT2D eigenvalue weighted by atomic mass is 9.76. The molecule has 1 spiro atoms. The van der Waals surface area contributed by atoms with Gasteiger partial charge in [-0.3, -0.25) is 24.6 Å². The van der Waals surface area contributed by atoms with Crippen molar-refractivity contribution in [2.24, 2.45) is 11.8 Å². The molecule has 3 aliphatic rings. The molecule has 0 aromatic heterocycles.